The van der Waals surface area contributed by atoms with Crippen molar-refractivity contribution < 1.29 is 18.9 Å². The highest BCUT2D eigenvalue weighted by Crippen LogP contribution is 2.35. The fourth-order valence-corrected chi connectivity index (χ4v) is 3.47. The molecule has 8 heteroatoms. The first-order valence-electron chi connectivity index (χ1n) is 8.69. The number of benzene rings is 2. The van der Waals surface area contributed by atoms with Crippen LogP contribution in [0.4, 0.5) is 0 Å². The Morgan fingerprint density at radius 3 is 2.71 bits per heavy atom. The van der Waals surface area contributed by atoms with Crippen molar-refractivity contribution in [3.63, 3.8) is 0 Å². The smallest absolute Gasteiger partial charge is 0.277 e. The Kier molecular flexibility index (Phi) is 3.65. The van der Waals surface area contributed by atoms with Crippen LogP contribution < -0.4 is 24.5 Å². The fraction of sp³-hybridized carbons (Fsp3) is 0.200. The third kappa shape index (κ3) is 2.45. The number of rotatable bonds is 4. The van der Waals surface area contributed by atoms with Gasteiger partial charge in [0.2, 0.25) is 6.79 Å². The van der Waals surface area contributed by atoms with E-state index in [2.05, 4.69) is 9.97 Å². The van der Waals surface area contributed by atoms with Gasteiger partial charge in [0.15, 0.2) is 23.0 Å². The maximum absolute atomic E-state index is 13.0. The van der Waals surface area contributed by atoms with E-state index < -0.39 is 0 Å². The molecule has 0 radical (unpaired) electrons. The molecule has 0 atom stereocenters. The summed E-state index contributed by atoms with van der Waals surface area (Å²) in [5.41, 5.74) is 2.57. The van der Waals surface area contributed by atoms with E-state index in [1.54, 1.807) is 31.2 Å². The summed E-state index contributed by atoms with van der Waals surface area (Å²) in [6, 6.07) is 9.25. The molecule has 0 amide bonds. The molecule has 1 N–H and O–H groups in total. The van der Waals surface area contributed by atoms with Gasteiger partial charge in [0, 0.05) is 11.5 Å². The van der Waals surface area contributed by atoms with Gasteiger partial charge in [-0.05, 0) is 23.8 Å². The van der Waals surface area contributed by atoms with Crippen LogP contribution in [0.5, 0.6) is 23.0 Å². The lowest BCUT2D eigenvalue weighted by Crippen LogP contribution is -2.21. The lowest BCUT2D eigenvalue weighted by atomic mass is 10.2. The highest BCUT2D eigenvalue weighted by Gasteiger charge is 2.16. The third-order valence-electron chi connectivity index (χ3n) is 4.87. The number of nitrogens with zero attached hydrogens (tertiary/aromatic N) is 2. The number of hydrogen-bond acceptors (Lipinski definition) is 6. The molecule has 0 spiro atoms. The van der Waals surface area contributed by atoms with Gasteiger partial charge in [0.05, 0.1) is 32.6 Å². The second kappa shape index (κ2) is 6.19. The van der Waals surface area contributed by atoms with Crippen molar-refractivity contribution in [2.24, 2.45) is 0 Å². The van der Waals surface area contributed by atoms with Crippen LogP contribution in [0.1, 0.15) is 5.56 Å². The minimum Gasteiger partial charge on any atom is -0.493 e. The molecule has 0 aliphatic carbocycles. The summed E-state index contributed by atoms with van der Waals surface area (Å²) in [5, 5.41) is 0.806. The molecule has 2 aromatic carbocycles. The van der Waals surface area contributed by atoms with E-state index in [1.807, 2.05) is 24.3 Å². The Hall–Kier alpha value is -3.68. The summed E-state index contributed by atoms with van der Waals surface area (Å²) in [6.45, 7) is 0.592. The molecule has 4 aromatic rings. The zero-order valence-corrected chi connectivity index (χ0v) is 15.3. The van der Waals surface area contributed by atoms with E-state index in [0.29, 0.717) is 40.6 Å². The number of aromatic amines is 1. The lowest BCUT2D eigenvalue weighted by molar-refractivity contribution is 0.174. The van der Waals surface area contributed by atoms with Crippen molar-refractivity contribution in [2.45, 2.75) is 6.54 Å². The number of methoxy groups -OCH3 is 2. The Bertz CT molecular complexity index is 1270. The van der Waals surface area contributed by atoms with Crippen LogP contribution in [-0.2, 0) is 6.54 Å². The average Bonchev–Trinajstić information content (AvgIpc) is 3.33. The topological polar surface area (TPSA) is 87.6 Å². The van der Waals surface area contributed by atoms with Gasteiger partial charge in [0.25, 0.3) is 5.56 Å². The molecule has 8 nitrogen and oxygen atoms in total. The van der Waals surface area contributed by atoms with Crippen molar-refractivity contribution in [1.29, 1.82) is 0 Å². The Morgan fingerprint density at radius 2 is 1.89 bits per heavy atom. The van der Waals surface area contributed by atoms with Crippen molar-refractivity contribution >= 4 is 21.9 Å². The minimum atomic E-state index is -0.156. The van der Waals surface area contributed by atoms with E-state index in [1.165, 1.54) is 0 Å². The van der Waals surface area contributed by atoms with Crippen LogP contribution in [0.3, 0.4) is 0 Å². The molecule has 2 aromatic heterocycles. The van der Waals surface area contributed by atoms with Gasteiger partial charge < -0.3 is 23.9 Å². The molecule has 1 aliphatic rings. The molecule has 28 heavy (non-hydrogen) atoms. The van der Waals surface area contributed by atoms with Crippen molar-refractivity contribution in [3.8, 4) is 23.0 Å². The average molecular weight is 379 g/mol. The predicted octanol–water partition coefficient (Wildman–Crippen LogP) is 2.67. The molecule has 3 heterocycles. The second-order valence-corrected chi connectivity index (χ2v) is 6.47. The monoisotopic (exact) mass is 379 g/mol. The number of nitrogens with one attached hydrogen (secondary N) is 1. The van der Waals surface area contributed by atoms with Gasteiger partial charge in [-0.1, -0.05) is 6.07 Å². The van der Waals surface area contributed by atoms with E-state index in [-0.39, 0.29) is 12.4 Å². The maximum atomic E-state index is 13.0. The van der Waals surface area contributed by atoms with Crippen LogP contribution in [0.2, 0.25) is 0 Å². The van der Waals surface area contributed by atoms with E-state index in [0.717, 1.165) is 16.5 Å². The van der Waals surface area contributed by atoms with Gasteiger partial charge in [-0.2, -0.15) is 0 Å². The molecule has 142 valence electrons. The zero-order valence-electron chi connectivity index (χ0n) is 15.3. The van der Waals surface area contributed by atoms with Gasteiger partial charge in [-0.25, -0.2) is 4.98 Å². The summed E-state index contributed by atoms with van der Waals surface area (Å²) in [5.74, 6) is 2.57. The number of fused-ring (bicyclic) bond motifs is 4. The molecule has 5 rings (SSSR count). The highest BCUT2D eigenvalue weighted by molar-refractivity contribution is 6.05. The van der Waals surface area contributed by atoms with E-state index >= 15 is 0 Å². The van der Waals surface area contributed by atoms with Gasteiger partial charge >= 0.3 is 0 Å². The summed E-state index contributed by atoms with van der Waals surface area (Å²) < 4.78 is 23.0. The normalized spacial score (nSPS) is 12.6. The molecular formula is C20H17N3O5. The molecule has 0 unspecified atom stereocenters. The van der Waals surface area contributed by atoms with Crippen molar-refractivity contribution in [2.75, 3.05) is 21.0 Å². The third-order valence-corrected chi connectivity index (χ3v) is 4.87. The quantitative estimate of drug-likeness (QED) is 0.587. The first-order chi connectivity index (χ1) is 13.7. The number of hydrogen-bond donors (Lipinski definition) is 1. The zero-order chi connectivity index (χ0) is 19.3. The Balaban J connectivity index is 1.60. The highest BCUT2D eigenvalue weighted by atomic mass is 16.7. The minimum absolute atomic E-state index is 0.156. The summed E-state index contributed by atoms with van der Waals surface area (Å²) >= 11 is 0. The summed E-state index contributed by atoms with van der Waals surface area (Å²) in [4.78, 5) is 20.7. The Labute approximate surface area is 159 Å². The second-order valence-electron chi connectivity index (χ2n) is 6.47. The first kappa shape index (κ1) is 16.5. The standard InChI is InChI=1S/C20H17N3O5/c1-25-15-6-12-13(7-16(15)26-2)22-19-18(12)21-9-23(20(19)24)8-11-3-4-14-17(5-11)28-10-27-14/h3-7,9,22H,8,10H2,1-2H3. The van der Waals surface area contributed by atoms with Crippen LogP contribution in [0.15, 0.2) is 41.5 Å². The summed E-state index contributed by atoms with van der Waals surface area (Å²) in [7, 11) is 3.15. The number of ether oxygens (including phenoxy) is 4. The van der Waals surface area contributed by atoms with Crippen LogP contribution in [-0.4, -0.2) is 35.5 Å². The largest absolute Gasteiger partial charge is 0.493 e. The molecule has 0 saturated heterocycles. The molecular weight excluding hydrogens is 362 g/mol. The van der Waals surface area contributed by atoms with Gasteiger partial charge in [-0.15, -0.1) is 0 Å². The van der Waals surface area contributed by atoms with E-state index in [4.69, 9.17) is 18.9 Å². The SMILES string of the molecule is COc1cc2[nH]c3c(=O)n(Cc4ccc5c(c4)OCO5)cnc3c2cc1OC. The van der Waals surface area contributed by atoms with Crippen LogP contribution in [0.25, 0.3) is 21.9 Å². The molecule has 0 saturated carbocycles. The molecule has 0 fully saturated rings. The van der Waals surface area contributed by atoms with E-state index in [9.17, 15) is 4.79 Å². The van der Waals surface area contributed by atoms with Crippen molar-refractivity contribution in [1.82, 2.24) is 14.5 Å². The van der Waals surface area contributed by atoms with Crippen LogP contribution in [0, 0.1) is 0 Å². The first-order valence-corrected chi connectivity index (χ1v) is 8.69. The predicted molar refractivity (Wildman–Crippen MR) is 103 cm³/mol. The Morgan fingerprint density at radius 1 is 1.11 bits per heavy atom. The number of aromatic nitrogens is 3. The van der Waals surface area contributed by atoms with Gasteiger partial charge in [0.1, 0.15) is 11.0 Å². The number of H-pyrrole nitrogens is 1. The fourth-order valence-electron chi connectivity index (χ4n) is 3.47. The van der Waals surface area contributed by atoms with Gasteiger partial charge in [-0.3, -0.25) is 9.36 Å². The molecule has 1 aliphatic heterocycles. The summed E-state index contributed by atoms with van der Waals surface area (Å²) in [6.07, 6.45) is 1.55. The maximum Gasteiger partial charge on any atom is 0.277 e. The van der Waals surface area contributed by atoms with Crippen LogP contribution >= 0.6 is 0 Å². The van der Waals surface area contributed by atoms with Crippen molar-refractivity contribution in [3.05, 3.63) is 52.6 Å². The molecule has 0 bridgehead atoms. The lowest BCUT2D eigenvalue weighted by Gasteiger charge is -2.07.